The standard InChI is InChI=1S/C25H30BrClN2O2S/c1-18(25(31)28-22-8-2-3-9-22)29(17-19-6-4-7-20(26)16-19)24(30)10-5-15-32-23-13-11-21(27)12-14-23/h4,6-7,11-14,16,18,22H,2-3,5,8-10,15,17H2,1H3,(H,28,31)/t18-/m1/s1. The lowest BCUT2D eigenvalue weighted by atomic mass is 10.1. The molecule has 0 bridgehead atoms. The largest absolute Gasteiger partial charge is 0.352 e. The molecule has 1 N–H and O–H groups in total. The molecule has 7 heteroatoms. The Morgan fingerprint density at radius 3 is 2.59 bits per heavy atom. The van der Waals surface area contributed by atoms with Gasteiger partial charge in [-0.1, -0.05) is 52.5 Å². The maximum Gasteiger partial charge on any atom is 0.242 e. The molecular weight excluding hydrogens is 508 g/mol. The van der Waals surface area contributed by atoms with Gasteiger partial charge in [-0.3, -0.25) is 9.59 Å². The van der Waals surface area contributed by atoms with E-state index in [0.717, 1.165) is 57.8 Å². The van der Waals surface area contributed by atoms with E-state index >= 15 is 0 Å². The summed E-state index contributed by atoms with van der Waals surface area (Å²) in [6, 6.07) is 15.4. The van der Waals surface area contributed by atoms with Gasteiger partial charge in [0.25, 0.3) is 0 Å². The molecule has 2 amide bonds. The van der Waals surface area contributed by atoms with Crippen molar-refractivity contribution >= 4 is 51.1 Å². The van der Waals surface area contributed by atoms with Gasteiger partial charge < -0.3 is 10.2 Å². The van der Waals surface area contributed by atoms with E-state index in [1.807, 2.05) is 55.5 Å². The quantitative estimate of drug-likeness (QED) is 0.280. The van der Waals surface area contributed by atoms with Gasteiger partial charge in [0, 0.05) is 33.4 Å². The molecule has 0 radical (unpaired) electrons. The third-order valence-corrected chi connectivity index (χ3v) is 7.57. The van der Waals surface area contributed by atoms with Gasteiger partial charge in [-0.2, -0.15) is 0 Å². The van der Waals surface area contributed by atoms with Crippen LogP contribution in [0.4, 0.5) is 0 Å². The zero-order chi connectivity index (χ0) is 22.9. The molecule has 0 aromatic heterocycles. The van der Waals surface area contributed by atoms with Crippen molar-refractivity contribution in [1.82, 2.24) is 10.2 Å². The summed E-state index contributed by atoms with van der Waals surface area (Å²) >= 11 is 11.1. The first kappa shape index (κ1) is 25.1. The zero-order valence-electron chi connectivity index (χ0n) is 18.4. The third kappa shape index (κ3) is 7.82. The first-order valence-electron chi connectivity index (χ1n) is 11.1. The number of hydrogen-bond donors (Lipinski definition) is 1. The van der Waals surface area contributed by atoms with E-state index in [1.54, 1.807) is 16.7 Å². The van der Waals surface area contributed by atoms with E-state index in [-0.39, 0.29) is 17.9 Å². The lowest BCUT2D eigenvalue weighted by molar-refractivity contribution is -0.140. The van der Waals surface area contributed by atoms with Crippen molar-refractivity contribution in [3.05, 3.63) is 63.6 Å². The van der Waals surface area contributed by atoms with Crippen LogP contribution in [0.5, 0.6) is 0 Å². The van der Waals surface area contributed by atoms with Gasteiger partial charge >= 0.3 is 0 Å². The Morgan fingerprint density at radius 2 is 1.91 bits per heavy atom. The Labute approximate surface area is 208 Å². The molecule has 1 aliphatic carbocycles. The fraction of sp³-hybridized carbons (Fsp3) is 0.440. The molecule has 0 spiro atoms. The van der Waals surface area contributed by atoms with E-state index in [1.165, 1.54) is 0 Å². The highest BCUT2D eigenvalue weighted by Gasteiger charge is 2.28. The zero-order valence-corrected chi connectivity index (χ0v) is 21.5. The van der Waals surface area contributed by atoms with Gasteiger partial charge in [0.05, 0.1) is 0 Å². The summed E-state index contributed by atoms with van der Waals surface area (Å²) in [7, 11) is 0. The van der Waals surface area contributed by atoms with Gasteiger partial charge in [-0.25, -0.2) is 0 Å². The van der Waals surface area contributed by atoms with Gasteiger partial charge in [0.2, 0.25) is 11.8 Å². The number of thioether (sulfide) groups is 1. The molecule has 1 aliphatic rings. The van der Waals surface area contributed by atoms with E-state index in [4.69, 9.17) is 11.6 Å². The molecule has 172 valence electrons. The number of carbonyl (C=O) groups excluding carboxylic acids is 2. The van der Waals surface area contributed by atoms with Crippen LogP contribution in [0.3, 0.4) is 0 Å². The second kappa shape index (κ2) is 12.7. The monoisotopic (exact) mass is 536 g/mol. The molecule has 1 saturated carbocycles. The van der Waals surface area contributed by atoms with Crippen LogP contribution in [-0.2, 0) is 16.1 Å². The number of halogens is 2. The van der Waals surface area contributed by atoms with Crippen molar-refractivity contribution < 1.29 is 9.59 Å². The molecule has 4 nitrogen and oxygen atoms in total. The summed E-state index contributed by atoms with van der Waals surface area (Å²) in [4.78, 5) is 29.0. The first-order valence-corrected chi connectivity index (χ1v) is 13.3. The van der Waals surface area contributed by atoms with Gasteiger partial charge in [0.1, 0.15) is 6.04 Å². The fourth-order valence-electron chi connectivity index (χ4n) is 3.89. The average Bonchev–Trinajstić information content (AvgIpc) is 3.28. The molecule has 0 aliphatic heterocycles. The third-order valence-electron chi connectivity index (χ3n) is 5.73. The number of carbonyl (C=O) groups is 2. The van der Waals surface area contributed by atoms with Crippen molar-refractivity contribution in [2.45, 2.75) is 69.0 Å². The van der Waals surface area contributed by atoms with Crippen LogP contribution in [0.15, 0.2) is 57.9 Å². The van der Waals surface area contributed by atoms with Crippen LogP contribution >= 0.6 is 39.3 Å². The molecular formula is C25H30BrClN2O2S. The fourth-order valence-corrected chi connectivity index (χ4v) is 5.32. The van der Waals surface area contributed by atoms with Crippen LogP contribution in [0, 0.1) is 0 Å². The molecule has 0 heterocycles. The van der Waals surface area contributed by atoms with Crippen molar-refractivity contribution in [2.24, 2.45) is 0 Å². The molecule has 32 heavy (non-hydrogen) atoms. The Morgan fingerprint density at radius 1 is 1.19 bits per heavy atom. The van der Waals surface area contributed by atoms with Gasteiger partial charge in [0.15, 0.2) is 0 Å². The maximum absolute atomic E-state index is 13.2. The van der Waals surface area contributed by atoms with Crippen molar-refractivity contribution in [3.63, 3.8) is 0 Å². The summed E-state index contributed by atoms with van der Waals surface area (Å²) < 4.78 is 0.963. The smallest absolute Gasteiger partial charge is 0.242 e. The van der Waals surface area contributed by atoms with Crippen molar-refractivity contribution in [1.29, 1.82) is 0 Å². The highest BCUT2D eigenvalue weighted by atomic mass is 79.9. The number of amides is 2. The summed E-state index contributed by atoms with van der Waals surface area (Å²) in [6.07, 6.45) is 5.53. The van der Waals surface area contributed by atoms with Crippen LogP contribution in [0.25, 0.3) is 0 Å². The van der Waals surface area contributed by atoms with Crippen LogP contribution in [0.1, 0.15) is 51.0 Å². The Balaban J connectivity index is 1.59. The van der Waals surface area contributed by atoms with Gasteiger partial charge in [-0.15, -0.1) is 11.8 Å². The number of rotatable bonds is 10. The summed E-state index contributed by atoms with van der Waals surface area (Å²) in [5, 5.41) is 3.87. The lowest BCUT2D eigenvalue weighted by Gasteiger charge is -2.30. The molecule has 1 atom stereocenters. The second-order valence-corrected chi connectivity index (χ2v) is 10.7. The van der Waals surface area contributed by atoms with Crippen molar-refractivity contribution in [2.75, 3.05) is 5.75 Å². The van der Waals surface area contributed by atoms with E-state index in [2.05, 4.69) is 21.2 Å². The minimum atomic E-state index is -0.508. The number of hydrogen-bond acceptors (Lipinski definition) is 3. The minimum Gasteiger partial charge on any atom is -0.352 e. The second-order valence-electron chi connectivity index (χ2n) is 8.22. The summed E-state index contributed by atoms with van der Waals surface area (Å²) in [5.74, 6) is 0.785. The SMILES string of the molecule is C[C@H](C(=O)NC1CCCC1)N(Cc1cccc(Br)c1)C(=O)CCCSc1ccc(Cl)cc1. The normalized spacial score (nSPS) is 14.8. The predicted octanol–water partition coefficient (Wildman–Crippen LogP) is 6.45. The topological polar surface area (TPSA) is 49.4 Å². The lowest BCUT2D eigenvalue weighted by Crippen LogP contribution is -2.49. The summed E-state index contributed by atoms with van der Waals surface area (Å²) in [5.41, 5.74) is 1.00. The van der Waals surface area contributed by atoms with Crippen molar-refractivity contribution in [3.8, 4) is 0 Å². The number of nitrogens with zero attached hydrogens (tertiary/aromatic N) is 1. The van der Waals surface area contributed by atoms with Crippen LogP contribution in [0.2, 0.25) is 5.02 Å². The Bertz CT molecular complexity index is 903. The first-order chi connectivity index (χ1) is 15.4. The van der Waals surface area contributed by atoms with Gasteiger partial charge in [-0.05, 0) is 73.9 Å². The molecule has 2 aromatic carbocycles. The predicted molar refractivity (Wildman–Crippen MR) is 136 cm³/mol. The molecule has 3 rings (SSSR count). The van der Waals surface area contributed by atoms with E-state index in [0.29, 0.717) is 13.0 Å². The Kier molecular flexibility index (Phi) is 9.94. The Hall–Kier alpha value is -1.50. The highest BCUT2D eigenvalue weighted by Crippen LogP contribution is 2.23. The molecule has 2 aromatic rings. The number of nitrogens with one attached hydrogen (secondary N) is 1. The molecule has 0 unspecified atom stereocenters. The summed E-state index contributed by atoms with van der Waals surface area (Å²) in [6.45, 7) is 2.25. The van der Waals surface area contributed by atoms with E-state index < -0.39 is 6.04 Å². The maximum atomic E-state index is 13.2. The van der Waals surface area contributed by atoms with Crippen LogP contribution < -0.4 is 5.32 Å². The van der Waals surface area contributed by atoms with E-state index in [9.17, 15) is 9.59 Å². The molecule has 0 saturated heterocycles. The van der Waals surface area contributed by atoms with Crippen LogP contribution in [-0.4, -0.2) is 34.6 Å². The number of benzene rings is 2. The average molecular weight is 538 g/mol. The highest BCUT2D eigenvalue weighted by molar-refractivity contribution is 9.10. The molecule has 1 fully saturated rings. The minimum absolute atomic E-state index is 0.00996.